The molecule has 2 aromatic carbocycles. The zero-order valence-corrected chi connectivity index (χ0v) is 15.8. The van der Waals surface area contributed by atoms with E-state index in [1.807, 2.05) is 12.1 Å². The number of pyridine rings is 1. The Balaban J connectivity index is 1.36. The molecular formula is C22H24N4O2. The Morgan fingerprint density at radius 3 is 2.61 bits per heavy atom. The Kier molecular flexibility index (Phi) is 5.48. The Labute approximate surface area is 164 Å². The van der Waals surface area contributed by atoms with Crippen molar-refractivity contribution in [1.29, 1.82) is 0 Å². The van der Waals surface area contributed by atoms with Crippen LogP contribution in [0.2, 0.25) is 0 Å². The van der Waals surface area contributed by atoms with Gasteiger partial charge in [0.2, 0.25) is 0 Å². The predicted molar refractivity (Wildman–Crippen MR) is 111 cm³/mol. The van der Waals surface area contributed by atoms with Gasteiger partial charge in [-0.25, -0.2) is 0 Å². The summed E-state index contributed by atoms with van der Waals surface area (Å²) in [4.78, 5) is 17.5. The zero-order chi connectivity index (χ0) is 19.3. The van der Waals surface area contributed by atoms with Crippen LogP contribution in [0.1, 0.15) is 18.4 Å². The molecule has 1 N–H and O–H groups in total. The molecule has 0 aliphatic carbocycles. The molecule has 0 saturated carbocycles. The van der Waals surface area contributed by atoms with Crippen LogP contribution in [0.5, 0.6) is 0 Å². The van der Waals surface area contributed by atoms with Gasteiger partial charge in [0.15, 0.2) is 0 Å². The number of non-ortho nitro benzene ring substituents is 1. The van der Waals surface area contributed by atoms with E-state index in [1.54, 1.807) is 18.5 Å². The van der Waals surface area contributed by atoms with Crippen molar-refractivity contribution in [3.05, 3.63) is 76.6 Å². The van der Waals surface area contributed by atoms with Crippen LogP contribution in [0.4, 0.5) is 11.4 Å². The fraction of sp³-hybridized carbons (Fsp3) is 0.318. The summed E-state index contributed by atoms with van der Waals surface area (Å²) in [5.41, 5.74) is 2.41. The SMILES string of the molecule is O=[N+]([O-])c1ccc(NCC2CCN(Cc3ccccc3)CC2)c2ccncc12. The quantitative estimate of drug-likeness (QED) is 0.508. The first-order chi connectivity index (χ1) is 13.7. The molecule has 0 spiro atoms. The number of nitro groups is 1. The average Bonchev–Trinajstić information content (AvgIpc) is 2.73. The molecule has 1 aromatic heterocycles. The fourth-order valence-electron chi connectivity index (χ4n) is 3.93. The maximum Gasteiger partial charge on any atom is 0.278 e. The van der Waals surface area contributed by atoms with Crippen molar-refractivity contribution in [2.24, 2.45) is 5.92 Å². The number of piperidine rings is 1. The van der Waals surface area contributed by atoms with E-state index in [0.717, 1.165) is 50.1 Å². The second-order valence-corrected chi connectivity index (χ2v) is 7.40. The molecule has 0 bridgehead atoms. The molecule has 1 aliphatic heterocycles. The summed E-state index contributed by atoms with van der Waals surface area (Å²) in [6.45, 7) is 4.10. The standard InChI is InChI=1S/C22H24N4O2/c27-26(28)22-7-6-21(19-8-11-23-15-20(19)22)24-14-17-9-12-25(13-10-17)16-18-4-2-1-3-5-18/h1-8,11,15,17,24H,9-10,12-14,16H2. The van der Waals surface area contributed by atoms with Gasteiger partial charge in [-0.15, -0.1) is 0 Å². The van der Waals surface area contributed by atoms with Gasteiger partial charge in [-0.05, 0) is 49.5 Å². The summed E-state index contributed by atoms with van der Waals surface area (Å²) in [5, 5.41) is 16.2. The Morgan fingerprint density at radius 1 is 1.07 bits per heavy atom. The van der Waals surface area contributed by atoms with Crippen molar-refractivity contribution < 1.29 is 4.92 Å². The lowest BCUT2D eigenvalue weighted by molar-refractivity contribution is -0.383. The van der Waals surface area contributed by atoms with Crippen LogP contribution >= 0.6 is 0 Å². The van der Waals surface area contributed by atoms with E-state index >= 15 is 0 Å². The number of hydrogen-bond donors (Lipinski definition) is 1. The predicted octanol–water partition coefficient (Wildman–Crippen LogP) is 4.47. The van der Waals surface area contributed by atoms with Crippen molar-refractivity contribution in [1.82, 2.24) is 9.88 Å². The highest BCUT2D eigenvalue weighted by atomic mass is 16.6. The van der Waals surface area contributed by atoms with Gasteiger partial charge in [-0.2, -0.15) is 0 Å². The number of nitrogens with zero attached hydrogens (tertiary/aromatic N) is 3. The maximum atomic E-state index is 11.2. The average molecular weight is 376 g/mol. The minimum atomic E-state index is -0.351. The van der Waals surface area contributed by atoms with E-state index in [0.29, 0.717) is 11.3 Å². The normalized spacial score (nSPS) is 15.6. The number of hydrogen-bond acceptors (Lipinski definition) is 5. The van der Waals surface area contributed by atoms with Crippen LogP contribution in [-0.4, -0.2) is 34.4 Å². The number of likely N-dealkylation sites (tertiary alicyclic amines) is 1. The number of rotatable bonds is 6. The maximum absolute atomic E-state index is 11.2. The molecule has 6 nitrogen and oxygen atoms in total. The van der Waals surface area contributed by atoms with E-state index < -0.39 is 0 Å². The van der Waals surface area contributed by atoms with Gasteiger partial charge in [0, 0.05) is 42.6 Å². The Morgan fingerprint density at radius 2 is 1.86 bits per heavy atom. The lowest BCUT2D eigenvalue weighted by Crippen LogP contribution is -2.35. The van der Waals surface area contributed by atoms with Crippen LogP contribution in [0, 0.1) is 16.0 Å². The highest BCUT2D eigenvalue weighted by Gasteiger charge is 2.20. The van der Waals surface area contributed by atoms with Crippen molar-refractivity contribution in [3.63, 3.8) is 0 Å². The van der Waals surface area contributed by atoms with E-state index in [2.05, 4.69) is 45.5 Å². The number of nitro benzene ring substituents is 1. The highest BCUT2D eigenvalue weighted by molar-refractivity contribution is 5.99. The Hall–Kier alpha value is -2.99. The second-order valence-electron chi connectivity index (χ2n) is 7.40. The third kappa shape index (κ3) is 4.12. The van der Waals surface area contributed by atoms with Gasteiger partial charge in [-0.1, -0.05) is 30.3 Å². The highest BCUT2D eigenvalue weighted by Crippen LogP contribution is 2.31. The summed E-state index contributed by atoms with van der Waals surface area (Å²) in [6.07, 6.45) is 5.57. The van der Waals surface area contributed by atoms with E-state index in [1.165, 1.54) is 5.56 Å². The minimum Gasteiger partial charge on any atom is -0.384 e. The molecule has 1 fully saturated rings. The van der Waals surface area contributed by atoms with Gasteiger partial charge in [-0.3, -0.25) is 20.0 Å². The van der Waals surface area contributed by atoms with Gasteiger partial charge < -0.3 is 5.32 Å². The molecule has 0 unspecified atom stereocenters. The van der Waals surface area contributed by atoms with Gasteiger partial charge >= 0.3 is 0 Å². The summed E-state index contributed by atoms with van der Waals surface area (Å²) in [7, 11) is 0. The van der Waals surface area contributed by atoms with E-state index in [9.17, 15) is 10.1 Å². The number of nitrogens with one attached hydrogen (secondary N) is 1. The molecule has 2 heterocycles. The topological polar surface area (TPSA) is 71.3 Å². The fourth-order valence-corrected chi connectivity index (χ4v) is 3.93. The van der Waals surface area contributed by atoms with Crippen molar-refractivity contribution in [3.8, 4) is 0 Å². The third-order valence-corrected chi connectivity index (χ3v) is 5.53. The monoisotopic (exact) mass is 376 g/mol. The summed E-state index contributed by atoms with van der Waals surface area (Å²) >= 11 is 0. The first-order valence-corrected chi connectivity index (χ1v) is 9.72. The summed E-state index contributed by atoms with van der Waals surface area (Å²) in [5.74, 6) is 0.610. The van der Waals surface area contributed by atoms with E-state index in [4.69, 9.17) is 0 Å². The van der Waals surface area contributed by atoms with Gasteiger partial charge in [0.1, 0.15) is 0 Å². The number of benzene rings is 2. The van der Waals surface area contributed by atoms with Crippen molar-refractivity contribution >= 4 is 22.1 Å². The molecule has 4 rings (SSSR count). The van der Waals surface area contributed by atoms with Crippen LogP contribution in [-0.2, 0) is 6.54 Å². The second kappa shape index (κ2) is 8.35. The first kappa shape index (κ1) is 18.4. The molecule has 144 valence electrons. The smallest absolute Gasteiger partial charge is 0.278 e. The van der Waals surface area contributed by atoms with Crippen molar-refractivity contribution in [2.75, 3.05) is 25.0 Å². The van der Waals surface area contributed by atoms with Gasteiger partial charge in [0.05, 0.1) is 10.3 Å². The molecule has 0 radical (unpaired) electrons. The third-order valence-electron chi connectivity index (χ3n) is 5.53. The van der Waals surface area contributed by atoms with Crippen molar-refractivity contribution in [2.45, 2.75) is 19.4 Å². The molecule has 1 saturated heterocycles. The lowest BCUT2D eigenvalue weighted by atomic mass is 9.96. The van der Waals surface area contributed by atoms with Crippen LogP contribution in [0.15, 0.2) is 60.9 Å². The molecule has 1 aliphatic rings. The summed E-state index contributed by atoms with van der Waals surface area (Å²) < 4.78 is 0. The van der Waals surface area contributed by atoms with Crippen LogP contribution < -0.4 is 5.32 Å². The molecule has 3 aromatic rings. The minimum absolute atomic E-state index is 0.0999. The Bertz CT molecular complexity index is 953. The first-order valence-electron chi connectivity index (χ1n) is 9.72. The largest absolute Gasteiger partial charge is 0.384 e. The molecule has 0 amide bonds. The number of anilines is 1. The van der Waals surface area contributed by atoms with Crippen LogP contribution in [0.25, 0.3) is 10.8 Å². The lowest BCUT2D eigenvalue weighted by Gasteiger charge is -2.32. The summed E-state index contributed by atoms with van der Waals surface area (Å²) in [6, 6.07) is 15.8. The zero-order valence-electron chi connectivity index (χ0n) is 15.8. The number of aromatic nitrogens is 1. The molecule has 6 heteroatoms. The van der Waals surface area contributed by atoms with Crippen LogP contribution in [0.3, 0.4) is 0 Å². The van der Waals surface area contributed by atoms with E-state index in [-0.39, 0.29) is 10.6 Å². The molecular weight excluding hydrogens is 352 g/mol. The number of fused-ring (bicyclic) bond motifs is 1. The van der Waals surface area contributed by atoms with Gasteiger partial charge in [0.25, 0.3) is 5.69 Å². The molecule has 0 atom stereocenters. The molecule has 28 heavy (non-hydrogen) atoms.